The molecule has 0 spiro atoms. The van der Waals surface area contributed by atoms with E-state index in [4.69, 9.17) is 5.73 Å². The number of nitrogen functional groups attached to an aromatic ring is 1. The molecule has 6 nitrogen and oxygen atoms in total. The lowest BCUT2D eigenvalue weighted by Gasteiger charge is -2.19. The number of sulfonamides is 1. The van der Waals surface area contributed by atoms with E-state index >= 15 is 0 Å². The van der Waals surface area contributed by atoms with E-state index in [1.54, 1.807) is 0 Å². The molecule has 0 unspecified atom stereocenters. The van der Waals surface area contributed by atoms with Crippen LogP contribution in [0.2, 0.25) is 0 Å². The Hall–Kier alpha value is -2.07. The number of hydrogen-bond acceptors (Lipinski definition) is 4. The highest BCUT2D eigenvalue weighted by Crippen LogP contribution is 2.37. The highest BCUT2D eigenvalue weighted by molar-refractivity contribution is 7.89. The van der Waals surface area contributed by atoms with Gasteiger partial charge in [-0.1, -0.05) is 12.1 Å². The van der Waals surface area contributed by atoms with Crippen molar-refractivity contribution in [2.24, 2.45) is 0 Å². The van der Waals surface area contributed by atoms with Gasteiger partial charge in [0.2, 0.25) is 10.0 Å². The number of H-pyrrole nitrogens is 1. The van der Waals surface area contributed by atoms with Gasteiger partial charge in [0, 0.05) is 12.1 Å². The van der Waals surface area contributed by atoms with Gasteiger partial charge in [-0.3, -0.25) is 5.10 Å². The number of nitrogens with zero attached hydrogens (tertiary/aromatic N) is 2. The first-order chi connectivity index (χ1) is 10.2. The van der Waals surface area contributed by atoms with E-state index in [0.29, 0.717) is 11.3 Å². The maximum atomic E-state index is 13.0. The predicted molar refractivity (Wildman–Crippen MR) is 70.9 cm³/mol. The van der Waals surface area contributed by atoms with Gasteiger partial charge in [0.05, 0.1) is 22.7 Å². The molecule has 22 heavy (non-hydrogen) atoms. The Kier molecular flexibility index (Phi) is 3.18. The van der Waals surface area contributed by atoms with Crippen molar-refractivity contribution in [3.05, 3.63) is 41.1 Å². The zero-order valence-electron chi connectivity index (χ0n) is 11.1. The van der Waals surface area contributed by atoms with Crippen LogP contribution < -0.4 is 5.73 Å². The lowest BCUT2D eigenvalue weighted by Crippen LogP contribution is -2.28. The summed E-state index contributed by atoms with van der Waals surface area (Å²) in [6.45, 7) is -0.194. The third kappa shape index (κ3) is 2.24. The molecule has 0 saturated carbocycles. The second-order valence-corrected chi connectivity index (χ2v) is 6.74. The molecule has 1 aromatic carbocycles. The van der Waals surface area contributed by atoms with Gasteiger partial charge in [0.15, 0.2) is 0 Å². The Bertz CT molecular complexity index is 829. The fourth-order valence-electron chi connectivity index (χ4n) is 2.37. The quantitative estimate of drug-likeness (QED) is 0.876. The second-order valence-electron chi connectivity index (χ2n) is 4.83. The molecule has 0 amide bonds. The number of rotatable bonds is 2. The molecule has 0 saturated heterocycles. The second kappa shape index (κ2) is 4.71. The fraction of sp³-hybridized carbons (Fsp3) is 0.250. The maximum Gasteiger partial charge on any atom is 0.417 e. The molecule has 1 aliphatic heterocycles. The van der Waals surface area contributed by atoms with Crippen LogP contribution in [0.5, 0.6) is 0 Å². The summed E-state index contributed by atoms with van der Waals surface area (Å²) in [5.41, 5.74) is 5.39. The maximum absolute atomic E-state index is 13.0. The summed E-state index contributed by atoms with van der Waals surface area (Å²) in [6, 6.07) is 4.11. The zero-order valence-corrected chi connectivity index (χ0v) is 11.9. The molecule has 1 aromatic heterocycles. The van der Waals surface area contributed by atoms with E-state index in [-0.39, 0.29) is 18.9 Å². The molecular formula is C12H11F3N4O2S. The lowest BCUT2D eigenvalue weighted by molar-refractivity contribution is -0.139. The Morgan fingerprint density at radius 3 is 2.55 bits per heavy atom. The van der Waals surface area contributed by atoms with E-state index in [1.807, 2.05) is 0 Å². The summed E-state index contributed by atoms with van der Waals surface area (Å²) in [5, 5.41) is 6.32. The van der Waals surface area contributed by atoms with E-state index in [0.717, 1.165) is 22.5 Å². The number of aromatic amines is 1. The molecule has 3 rings (SSSR count). The van der Waals surface area contributed by atoms with Gasteiger partial charge < -0.3 is 5.73 Å². The van der Waals surface area contributed by atoms with Gasteiger partial charge in [-0.15, -0.1) is 0 Å². The summed E-state index contributed by atoms with van der Waals surface area (Å²) in [5.74, 6) is 0.150. The average molecular weight is 332 g/mol. The fourth-order valence-corrected chi connectivity index (χ4v) is 3.96. The molecule has 2 aromatic rings. The van der Waals surface area contributed by atoms with Crippen molar-refractivity contribution in [3.63, 3.8) is 0 Å². The van der Waals surface area contributed by atoms with Crippen LogP contribution >= 0.6 is 0 Å². The van der Waals surface area contributed by atoms with Gasteiger partial charge >= 0.3 is 6.18 Å². The summed E-state index contributed by atoms with van der Waals surface area (Å²) in [4.78, 5) is -0.765. The Labute approximate surface area is 123 Å². The number of aromatic nitrogens is 2. The molecule has 0 atom stereocenters. The average Bonchev–Trinajstić information content (AvgIpc) is 3.01. The van der Waals surface area contributed by atoms with Crippen molar-refractivity contribution in [1.82, 2.24) is 14.5 Å². The van der Waals surface area contributed by atoms with Crippen LogP contribution in [-0.4, -0.2) is 22.9 Å². The van der Waals surface area contributed by atoms with Crippen molar-refractivity contribution >= 4 is 15.8 Å². The van der Waals surface area contributed by atoms with Crippen molar-refractivity contribution in [2.75, 3.05) is 5.73 Å². The minimum absolute atomic E-state index is 0.0892. The number of nitrogens with one attached hydrogen (secondary N) is 1. The molecule has 2 heterocycles. The summed E-state index contributed by atoms with van der Waals surface area (Å²) >= 11 is 0. The highest BCUT2D eigenvalue weighted by atomic mass is 32.2. The van der Waals surface area contributed by atoms with Gasteiger partial charge in [-0.05, 0) is 12.1 Å². The monoisotopic (exact) mass is 332 g/mol. The van der Waals surface area contributed by atoms with Crippen LogP contribution in [0.15, 0.2) is 29.2 Å². The number of alkyl halides is 3. The molecular weight excluding hydrogens is 321 g/mol. The summed E-state index contributed by atoms with van der Waals surface area (Å²) in [7, 11) is -4.30. The first kappa shape index (κ1) is 14.9. The number of fused-ring (bicyclic) bond motifs is 1. The predicted octanol–water partition coefficient (Wildman–Crippen LogP) is 1.72. The first-order valence-electron chi connectivity index (χ1n) is 6.19. The van der Waals surface area contributed by atoms with Crippen molar-refractivity contribution in [3.8, 4) is 0 Å². The van der Waals surface area contributed by atoms with Gasteiger partial charge in [-0.25, -0.2) is 8.42 Å². The van der Waals surface area contributed by atoms with E-state index in [2.05, 4.69) is 10.2 Å². The summed E-state index contributed by atoms with van der Waals surface area (Å²) < 4.78 is 65.0. The van der Waals surface area contributed by atoms with Crippen LogP contribution in [0, 0.1) is 0 Å². The minimum Gasteiger partial charge on any atom is -0.382 e. The van der Waals surface area contributed by atoms with Crippen LogP contribution in [0.4, 0.5) is 19.0 Å². The lowest BCUT2D eigenvalue weighted by atomic mass is 10.2. The molecule has 10 heteroatoms. The van der Waals surface area contributed by atoms with E-state index in [1.165, 1.54) is 6.07 Å². The number of benzene rings is 1. The molecule has 1 aliphatic rings. The highest BCUT2D eigenvalue weighted by Gasteiger charge is 2.40. The number of anilines is 1. The normalized spacial score (nSPS) is 16.0. The molecule has 3 N–H and O–H groups in total. The third-order valence-corrected chi connectivity index (χ3v) is 5.31. The van der Waals surface area contributed by atoms with Crippen LogP contribution in [-0.2, 0) is 29.3 Å². The topological polar surface area (TPSA) is 92.1 Å². The van der Waals surface area contributed by atoms with Crippen molar-refractivity contribution in [1.29, 1.82) is 0 Å². The number of halogens is 3. The molecule has 0 aliphatic carbocycles. The smallest absolute Gasteiger partial charge is 0.382 e. The third-order valence-electron chi connectivity index (χ3n) is 3.46. The molecule has 118 valence electrons. The van der Waals surface area contributed by atoms with Gasteiger partial charge in [0.25, 0.3) is 0 Å². The Morgan fingerprint density at radius 1 is 1.23 bits per heavy atom. The van der Waals surface area contributed by atoms with Crippen molar-refractivity contribution in [2.45, 2.75) is 24.2 Å². The number of hydrogen-bond donors (Lipinski definition) is 2. The molecule has 0 bridgehead atoms. The van der Waals surface area contributed by atoms with Gasteiger partial charge in [0.1, 0.15) is 5.82 Å². The first-order valence-corrected chi connectivity index (χ1v) is 7.63. The molecule has 0 radical (unpaired) electrons. The van der Waals surface area contributed by atoms with Crippen LogP contribution in [0.3, 0.4) is 0 Å². The van der Waals surface area contributed by atoms with Gasteiger partial charge in [-0.2, -0.15) is 22.6 Å². The molecule has 0 fully saturated rings. The zero-order chi connectivity index (χ0) is 16.1. The Morgan fingerprint density at radius 2 is 1.91 bits per heavy atom. The SMILES string of the molecule is Nc1n[nH]c2c1CN(S(=O)(=O)c1ccccc1C(F)(F)F)C2. The van der Waals surface area contributed by atoms with Crippen molar-refractivity contribution < 1.29 is 21.6 Å². The standard InChI is InChI=1S/C12H11F3N4O2S/c13-12(14,15)8-3-1-2-4-10(8)22(20,21)19-5-7-9(6-19)17-18-11(7)16/h1-4H,5-6H2,(H3,16,17,18). The Balaban J connectivity index is 2.03. The largest absolute Gasteiger partial charge is 0.417 e. The van der Waals surface area contributed by atoms with Crippen LogP contribution in [0.25, 0.3) is 0 Å². The van der Waals surface area contributed by atoms with E-state index in [9.17, 15) is 21.6 Å². The van der Waals surface area contributed by atoms with Crippen LogP contribution in [0.1, 0.15) is 16.8 Å². The minimum atomic E-state index is -4.75. The van der Waals surface area contributed by atoms with E-state index < -0.39 is 26.7 Å². The number of nitrogens with two attached hydrogens (primary N) is 1. The summed E-state index contributed by atoms with van der Waals surface area (Å²) in [6.07, 6.45) is -4.75.